The van der Waals surface area contributed by atoms with E-state index in [9.17, 15) is 5.11 Å². The van der Waals surface area contributed by atoms with E-state index in [-0.39, 0.29) is 6.10 Å². The molecule has 5 nitrogen and oxygen atoms in total. The summed E-state index contributed by atoms with van der Waals surface area (Å²) >= 11 is 6.17. The van der Waals surface area contributed by atoms with Crippen LogP contribution in [-0.4, -0.2) is 54.2 Å². The zero-order valence-corrected chi connectivity index (χ0v) is 19.4. The average molecular weight is 445 g/mol. The van der Waals surface area contributed by atoms with Crippen molar-refractivity contribution in [2.75, 3.05) is 26.3 Å². The smallest absolute Gasteiger partial charge is 0.145 e. The van der Waals surface area contributed by atoms with Crippen LogP contribution in [0.25, 0.3) is 0 Å². The third-order valence-corrected chi connectivity index (χ3v) is 5.41. The highest BCUT2D eigenvalue weighted by Gasteiger charge is 2.26. The summed E-state index contributed by atoms with van der Waals surface area (Å²) in [5, 5.41) is 15.6. The Morgan fingerprint density at radius 3 is 2.74 bits per heavy atom. The minimum absolute atomic E-state index is 0.0578. The van der Waals surface area contributed by atoms with Gasteiger partial charge in [0.15, 0.2) is 0 Å². The first-order valence-electron chi connectivity index (χ1n) is 10.9. The Labute approximate surface area is 190 Å². The highest BCUT2D eigenvalue weighted by atomic mass is 35.5. The van der Waals surface area contributed by atoms with Gasteiger partial charge in [0.05, 0.1) is 18.4 Å². The van der Waals surface area contributed by atoms with Crippen LogP contribution in [0.15, 0.2) is 53.7 Å². The van der Waals surface area contributed by atoms with Crippen LogP contribution >= 0.6 is 11.6 Å². The van der Waals surface area contributed by atoms with Crippen LogP contribution in [0, 0.1) is 12.8 Å². The molecule has 1 heterocycles. The van der Waals surface area contributed by atoms with E-state index in [0.717, 1.165) is 23.3 Å². The molecule has 0 fully saturated rings. The van der Waals surface area contributed by atoms with Gasteiger partial charge in [-0.25, -0.2) is 0 Å². The summed E-state index contributed by atoms with van der Waals surface area (Å²) < 4.78 is 5.63. The lowest BCUT2D eigenvalue weighted by molar-refractivity contribution is -0.00734. The van der Waals surface area contributed by atoms with E-state index in [4.69, 9.17) is 21.2 Å². The lowest BCUT2D eigenvalue weighted by Crippen LogP contribution is -2.39. The van der Waals surface area contributed by atoms with Crippen molar-refractivity contribution in [2.45, 2.75) is 45.9 Å². The lowest BCUT2D eigenvalue weighted by atomic mass is 10.00. The second kappa shape index (κ2) is 11.6. The summed E-state index contributed by atoms with van der Waals surface area (Å²) in [5.74, 6) is 0.443. The third kappa shape index (κ3) is 7.62. The van der Waals surface area contributed by atoms with E-state index >= 15 is 0 Å². The number of nitrogens with zero attached hydrogens (tertiary/aromatic N) is 2. The van der Waals surface area contributed by atoms with Crippen LogP contribution < -0.4 is 0 Å². The van der Waals surface area contributed by atoms with E-state index in [1.165, 1.54) is 5.56 Å². The number of benzene rings is 2. The van der Waals surface area contributed by atoms with Gasteiger partial charge >= 0.3 is 0 Å². The van der Waals surface area contributed by atoms with Crippen LogP contribution in [0.2, 0.25) is 5.02 Å². The Bertz CT molecular complexity index is 871. The molecule has 2 aromatic rings. The predicted octanol–water partition coefficient (Wildman–Crippen LogP) is 4.68. The molecule has 0 radical (unpaired) electrons. The van der Waals surface area contributed by atoms with Crippen LogP contribution in [0.3, 0.4) is 0 Å². The molecular formula is C25H33ClN2O3. The number of aliphatic hydroxyl groups excluding tert-OH is 1. The quantitative estimate of drug-likeness (QED) is 0.546. The zero-order chi connectivity index (χ0) is 22.2. The Morgan fingerprint density at radius 2 is 2.00 bits per heavy atom. The molecule has 0 saturated carbocycles. The number of ether oxygens (including phenoxy) is 1. The van der Waals surface area contributed by atoms with Gasteiger partial charge in [-0.3, -0.25) is 4.90 Å². The van der Waals surface area contributed by atoms with Gasteiger partial charge in [0, 0.05) is 43.2 Å². The Balaban J connectivity index is 1.61. The summed E-state index contributed by atoms with van der Waals surface area (Å²) in [6.45, 7) is 9.07. The summed E-state index contributed by atoms with van der Waals surface area (Å²) in [7, 11) is 0. The van der Waals surface area contributed by atoms with Crippen molar-refractivity contribution in [1.82, 2.24) is 4.90 Å². The maximum Gasteiger partial charge on any atom is 0.145 e. The van der Waals surface area contributed by atoms with Crippen molar-refractivity contribution in [3.05, 3.63) is 70.2 Å². The number of hydrogen-bond acceptors (Lipinski definition) is 5. The molecule has 0 unspecified atom stereocenters. The van der Waals surface area contributed by atoms with Gasteiger partial charge in [-0.05, 0) is 36.1 Å². The van der Waals surface area contributed by atoms with Crippen LogP contribution in [0.5, 0.6) is 0 Å². The van der Waals surface area contributed by atoms with Crippen LogP contribution in [-0.2, 0) is 16.1 Å². The number of oxime groups is 1. The molecule has 0 amide bonds. The fraction of sp³-hybridized carbons (Fsp3) is 0.480. The molecule has 168 valence electrons. The second-order valence-corrected chi connectivity index (χ2v) is 9.13. The number of aliphatic hydroxyl groups is 1. The molecule has 0 bridgehead atoms. The zero-order valence-electron chi connectivity index (χ0n) is 18.6. The molecule has 0 saturated heterocycles. The van der Waals surface area contributed by atoms with E-state index in [2.05, 4.69) is 43.0 Å². The minimum atomic E-state index is -0.573. The van der Waals surface area contributed by atoms with Gasteiger partial charge in [0.25, 0.3) is 0 Å². The number of halogens is 1. The number of aryl methyl sites for hydroxylation is 1. The molecule has 1 aliphatic rings. The minimum Gasteiger partial charge on any atom is -0.390 e. The maximum atomic E-state index is 10.5. The van der Waals surface area contributed by atoms with Crippen LogP contribution in [0.1, 0.15) is 37.0 Å². The summed E-state index contributed by atoms with van der Waals surface area (Å²) in [6.07, 6.45) is 0.116. The topological polar surface area (TPSA) is 54.3 Å². The molecule has 0 spiro atoms. The number of hydrogen-bond donors (Lipinski definition) is 1. The van der Waals surface area contributed by atoms with E-state index in [0.29, 0.717) is 43.8 Å². The van der Waals surface area contributed by atoms with Gasteiger partial charge in [-0.2, -0.15) is 0 Å². The molecular weight excluding hydrogens is 412 g/mol. The molecule has 2 aromatic carbocycles. The summed E-state index contributed by atoms with van der Waals surface area (Å²) in [4.78, 5) is 7.96. The SMILES string of the molecule is Cc1ccccc1C1=NO[C@H](CN(Cc2cccc(Cl)c2)C[C@H](O)COCC(C)C)C1. The standard InChI is InChI=1S/C25H33ClN2O3/c1-18(2)16-30-17-22(29)14-28(13-20-8-6-9-21(26)11-20)15-23-12-25(27-31-23)24-10-5-4-7-19(24)3/h4-11,18,22-23,29H,12-17H2,1-3H3/t22-,23-/m0/s1. The fourth-order valence-corrected chi connectivity index (χ4v) is 3.97. The number of rotatable bonds is 11. The fourth-order valence-electron chi connectivity index (χ4n) is 3.76. The highest BCUT2D eigenvalue weighted by molar-refractivity contribution is 6.30. The van der Waals surface area contributed by atoms with E-state index < -0.39 is 6.10 Å². The van der Waals surface area contributed by atoms with Gasteiger partial charge in [0.1, 0.15) is 6.10 Å². The largest absolute Gasteiger partial charge is 0.390 e. The van der Waals surface area contributed by atoms with Gasteiger partial charge in [0.2, 0.25) is 0 Å². The maximum absolute atomic E-state index is 10.5. The third-order valence-electron chi connectivity index (χ3n) is 5.18. The molecule has 2 atom stereocenters. The normalized spacial score (nSPS) is 17.1. The van der Waals surface area contributed by atoms with Crippen molar-refractivity contribution >= 4 is 17.3 Å². The second-order valence-electron chi connectivity index (χ2n) is 8.69. The Morgan fingerprint density at radius 1 is 1.19 bits per heavy atom. The molecule has 31 heavy (non-hydrogen) atoms. The summed E-state index contributed by atoms with van der Waals surface area (Å²) in [6, 6.07) is 16.0. The molecule has 0 aromatic heterocycles. The first kappa shape index (κ1) is 23.7. The first-order valence-corrected chi connectivity index (χ1v) is 11.3. The first-order chi connectivity index (χ1) is 14.9. The van der Waals surface area contributed by atoms with Gasteiger partial charge in [-0.15, -0.1) is 0 Å². The van der Waals surface area contributed by atoms with Crippen molar-refractivity contribution in [3.63, 3.8) is 0 Å². The predicted molar refractivity (Wildman–Crippen MR) is 126 cm³/mol. The van der Waals surface area contributed by atoms with Crippen molar-refractivity contribution < 1.29 is 14.7 Å². The lowest BCUT2D eigenvalue weighted by Gasteiger charge is -2.27. The molecule has 6 heteroatoms. The molecule has 0 aliphatic carbocycles. The van der Waals surface area contributed by atoms with E-state index in [1.54, 1.807) is 0 Å². The van der Waals surface area contributed by atoms with Crippen molar-refractivity contribution in [2.24, 2.45) is 11.1 Å². The van der Waals surface area contributed by atoms with Gasteiger partial charge in [-0.1, -0.05) is 67.0 Å². The highest BCUT2D eigenvalue weighted by Crippen LogP contribution is 2.21. The molecule has 3 rings (SSSR count). The molecule has 1 N–H and O–H groups in total. The van der Waals surface area contributed by atoms with Gasteiger partial charge < -0.3 is 14.7 Å². The molecule has 1 aliphatic heterocycles. The summed E-state index contributed by atoms with van der Waals surface area (Å²) in [5.41, 5.74) is 4.40. The van der Waals surface area contributed by atoms with E-state index in [1.807, 2.05) is 36.4 Å². The average Bonchev–Trinajstić information content (AvgIpc) is 3.16. The Kier molecular flexibility index (Phi) is 8.90. The van der Waals surface area contributed by atoms with Crippen molar-refractivity contribution in [3.8, 4) is 0 Å². The monoisotopic (exact) mass is 444 g/mol. The van der Waals surface area contributed by atoms with Crippen LogP contribution in [0.4, 0.5) is 0 Å². The van der Waals surface area contributed by atoms with Crippen molar-refractivity contribution in [1.29, 1.82) is 0 Å². The Hall–Kier alpha value is -1.92.